The zero-order chi connectivity index (χ0) is 20.3. The van der Waals surface area contributed by atoms with E-state index in [2.05, 4.69) is 33.2 Å². The highest BCUT2D eigenvalue weighted by Gasteiger charge is 2.24. The van der Waals surface area contributed by atoms with Crippen LogP contribution in [0, 0.1) is 13.7 Å². The van der Waals surface area contributed by atoms with Crippen LogP contribution in [0.25, 0.3) is 0 Å². The van der Waals surface area contributed by atoms with Crippen LogP contribution in [0.4, 0.5) is 17.1 Å². The summed E-state index contributed by atoms with van der Waals surface area (Å²) in [5.41, 5.74) is 1.16. The van der Waals surface area contributed by atoms with Gasteiger partial charge in [0.15, 0.2) is 5.11 Å². The summed E-state index contributed by atoms with van der Waals surface area (Å²) in [5.74, 6) is -0.532. The van der Waals surface area contributed by atoms with E-state index in [4.69, 9.17) is 23.8 Å². The minimum Gasteiger partial charge on any atom is -0.366 e. The summed E-state index contributed by atoms with van der Waals surface area (Å²) in [4.78, 5) is 25.5. The van der Waals surface area contributed by atoms with Gasteiger partial charge in [-0.05, 0) is 78.0 Å². The Morgan fingerprint density at radius 3 is 2.57 bits per heavy atom. The Hall–Kier alpha value is -1.98. The fourth-order valence-electron chi connectivity index (χ4n) is 2.96. The predicted molar refractivity (Wildman–Crippen MR) is 122 cm³/mol. The van der Waals surface area contributed by atoms with Crippen molar-refractivity contribution in [1.82, 2.24) is 5.32 Å². The Kier molecular flexibility index (Phi) is 6.68. The minimum atomic E-state index is -0.532. The molecule has 7 nitrogen and oxygen atoms in total. The van der Waals surface area contributed by atoms with Crippen molar-refractivity contribution in [3.63, 3.8) is 0 Å². The fraction of sp³-hybridized carbons (Fsp3) is 0.222. The molecular weight excluding hydrogens is 515 g/mol. The van der Waals surface area contributed by atoms with E-state index >= 15 is 0 Å². The van der Waals surface area contributed by atoms with Gasteiger partial charge in [0.2, 0.25) is 0 Å². The van der Waals surface area contributed by atoms with Crippen molar-refractivity contribution in [2.75, 3.05) is 23.3 Å². The predicted octanol–water partition coefficient (Wildman–Crippen LogP) is 4.58. The summed E-state index contributed by atoms with van der Waals surface area (Å²) in [6, 6.07) is 9.82. The number of thiocarbonyl (C=S) groups is 1. The molecule has 0 atom stereocenters. The van der Waals surface area contributed by atoms with Gasteiger partial charge in [-0.1, -0.05) is 11.6 Å². The molecule has 1 amide bonds. The van der Waals surface area contributed by atoms with E-state index in [0.29, 0.717) is 16.4 Å². The van der Waals surface area contributed by atoms with Crippen LogP contribution in [0.5, 0.6) is 0 Å². The lowest BCUT2D eigenvalue weighted by Gasteiger charge is -2.18. The first-order valence-electron chi connectivity index (χ1n) is 8.46. The maximum absolute atomic E-state index is 12.5. The van der Waals surface area contributed by atoms with Gasteiger partial charge < -0.3 is 10.2 Å². The molecule has 0 unspecified atom stereocenters. The van der Waals surface area contributed by atoms with E-state index in [9.17, 15) is 14.9 Å². The third-order valence-corrected chi connectivity index (χ3v) is 5.48. The second-order valence-electron chi connectivity index (χ2n) is 6.19. The van der Waals surface area contributed by atoms with E-state index in [1.165, 1.54) is 6.07 Å². The van der Waals surface area contributed by atoms with Crippen molar-refractivity contribution >= 4 is 74.5 Å². The molecule has 2 N–H and O–H groups in total. The number of hydrogen-bond donors (Lipinski definition) is 2. The molecule has 0 aromatic heterocycles. The number of benzene rings is 2. The number of amides is 1. The first-order valence-corrected chi connectivity index (χ1v) is 10.3. The Balaban J connectivity index is 1.73. The molecule has 146 valence electrons. The van der Waals surface area contributed by atoms with Gasteiger partial charge in [-0.3, -0.25) is 20.2 Å². The highest BCUT2D eigenvalue weighted by atomic mass is 127. The van der Waals surface area contributed by atoms with Crippen molar-refractivity contribution in [3.05, 3.63) is 60.7 Å². The van der Waals surface area contributed by atoms with Crippen molar-refractivity contribution in [1.29, 1.82) is 0 Å². The van der Waals surface area contributed by atoms with E-state index in [0.717, 1.165) is 29.5 Å². The SMILES string of the molecule is O=C(NC(=S)Nc1ccc(I)cc1Cl)c1ccc(N2CCCC2)c([N+](=O)[O-])c1. The average Bonchev–Trinajstić information content (AvgIpc) is 3.18. The van der Waals surface area contributed by atoms with Crippen molar-refractivity contribution in [2.45, 2.75) is 12.8 Å². The summed E-state index contributed by atoms with van der Waals surface area (Å²) in [7, 11) is 0. The van der Waals surface area contributed by atoms with Crippen LogP contribution in [0.15, 0.2) is 36.4 Å². The maximum Gasteiger partial charge on any atom is 0.293 e. The lowest BCUT2D eigenvalue weighted by molar-refractivity contribution is -0.384. The van der Waals surface area contributed by atoms with E-state index in [1.807, 2.05) is 11.0 Å². The van der Waals surface area contributed by atoms with Crippen molar-refractivity contribution in [2.24, 2.45) is 0 Å². The number of carbonyl (C=O) groups is 1. The number of carbonyl (C=O) groups excluding carboxylic acids is 1. The molecule has 3 rings (SSSR count). The minimum absolute atomic E-state index is 0.0550. The zero-order valence-electron chi connectivity index (χ0n) is 14.6. The van der Waals surface area contributed by atoms with Gasteiger partial charge in [0, 0.05) is 28.3 Å². The highest BCUT2D eigenvalue weighted by molar-refractivity contribution is 14.1. The van der Waals surface area contributed by atoms with Gasteiger partial charge in [0.1, 0.15) is 5.69 Å². The average molecular weight is 531 g/mol. The molecule has 0 bridgehead atoms. The summed E-state index contributed by atoms with van der Waals surface area (Å²) >= 11 is 13.4. The van der Waals surface area contributed by atoms with Gasteiger partial charge in [-0.2, -0.15) is 0 Å². The molecule has 0 spiro atoms. The standard InChI is InChI=1S/C18H16ClIN4O3S/c19-13-10-12(20)4-5-14(13)21-18(28)22-17(25)11-3-6-15(16(9-11)24(26)27)23-7-1-2-8-23/h3-6,9-10H,1-2,7-8H2,(H2,21,22,25,28). The molecule has 10 heteroatoms. The first-order chi connectivity index (χ1) is 13.3. The lowest BCUT2D eigenvalue weighted by Crippen LogP contribution is -2.34. The quantitative estimate of drug-likeness (QED) is 0.260. The number of nitro benzene ring substituents is 1. The Morgan fingerprint density at radius 2 is 1.93 bits per heavy atom. The van der Waals surface area contributed by atoms with Crippen LogP contribution >= 0.6 is 46.4 Å². The van der Waals surface area contributed by atoms with Crippen LogP contribution in [0.2, 0.25) is 5.02 Å². The Morgan fingerprint density at radius 1 is 1.21 bits per heavy atom. The number of rotatable bonds is 4. The molecule has 2 aromatic carbocycles. The molecular formula is C18H16ClIN4O3S. The van der Waals surface area contributed by atoms with Gasteiger partial charge in [-0.15, -0.1) is 0 Å². The number of anilines is 2. The van der Waals surface area contributed by atoms with Crippen molar-refractivity contribution in [3.8, 4) is 0 Å². The largest absolute Gasteiger partial charge is 0.366 e. The number of halogens is 2. The number of hydrogen-bond acceptors (Lipinski definition) is 5. The Labute approximate surface area is 185 Å². The molecule has 1 heterocycles. The monoisotopic (exact) mass is 530 g/mol. The normalized spacial score (nSPS) is 13.3. The lowest BCUT2D eigenvalue weighted by atomic mass is 10.1. The summed E-state index contributed by atoms with van der Waals surface area (Å²) < 4.78 is 0.966. The molecule has 2 aromatic rings. The third kappa shape index (κ3) is 4.89. The molecule has 1 aliphatic rings. The van der Waals surface area contributed by atoms with Crippen molar-refractivity contribution < 1.29 is 9.72 Å². The van der Waals surface area contributed by atoms with Crippen LogP contribution < -0.4 is 15.5 Å². The maximum atomic E-state index is 12.5. The molecule has 0 saturated carbocycles. The van der Waals surface area contributed by atoms with Gasteiger partial charge in [-0.25, -0.2) is 0 Å². The third-order valence-electron chi connectivity index (χ3n) is 4.29. The number of nitrogens with one attached hydrogen (secondary N) is 2. The van der Waals surface area contributed by atoms with E-state index < -0.39 is 10.8 Å². The molecule has 1 fully saturated rings. The highest BCUT2D eigenvalue weighted by Crippen LogP contribution is 2.31. The molecule has 1 aliphatic heterocycles. The number of nitrogens with zero attached hydrogens (tertiary/aromatic N) is 2. The molecule has 0 aliphatic carbocycles. The van der Waals surface area contributed by atoms with Gasteiger partial charge in [0.05, 0.1) is 15.6 Å². The molecule has 28 heavy (non-hydrogen) atoms. The Bertz CT molecular complexity index is 950. The van der Waals surface area contributed by atoms with Crippen LogP contribution in [-0.4, -0.2) is 29.0 Å². The van der Waals surface area contributed by atoms with Crippen LogP contribution in [-0.2, 0) is 0 Å². The first kappa shape index (κ1) is 20.7. The second kappa shape index (κ2) is 9.01. The smallest absolute Gasteiger partial charge is 0.293 e. The summed E-state index contributed by atoms with van der Waals surface area (Å²) in [6.07, 6.45) is 2.00. The molecule has 0 radical (unpaired) electrons. The zero-order valence-corrected chi connectivity index (χ0v) is 18.3. The second-order valence-corrected chi connectivity index (χ2v) is 8.25. The van der Waals surface area contributed by atoms with Gasteiger partial charge in [0.25, 0.3) is 11.6 Å². The van der Waals surface area contributed by atoms with Gasteiger partial charge >= 0.3 is 0 Å². The summed E-state index contributed by atoms with van der Waals surface area (Å²) in [6.45, 7) is 1.55. The summed E-state index contributed by atoms with van der Waals surface area (Å²) in [5, 5.41) is 17.4. The van der Waals surface area contributed by atoms with Crippen LogP contribution in [0.3, 0.4) is 0 Å². The topological polar surface area (TPSA) is 87.5 Å². The molecule has 1 saturated heterocycles. The van der Waals surface area contributed by atoms with Crippen LogP contribution in [0.1, 0.15) is 23.2 Å². The fourth-order valence-corrected chi connectivity index (χ4v) is 4.06. The number of nitro groups is 1. The van der Waals surface area contributed by atoms with E-state index in [1.54, 1.807) is 24.3 Å². The van der Waals surface area contributed by atoms with E-state index in [-0.39, 0.29) is 16.4 Å².